The number of likely N-dealkylation sites (N-methyl/N-ethyl adjacent to an activating group) is 1. The summed E-state index contributed by atoms with van der Waals surface area (Å²) < 4.78 is 10.9. The highest BCUT2D eigenvalue weighted by atomic mass is 16.5. The van der Waals surface area contributed by atoms with E-state index in [1.807, 2.05) is 36.4 Å². The van der Waals surface area contributed by atoms with Crippen LogP contribution in [0.1, 0.15) is 12.0 Å². The maximum absolute atomic E-state index is 5.70. The highest BCUT2D eigenvalue weighted by molar-refractivity contribution is 5.41. The first-order valence-electron chi connectivity index (χ1n) is 7.97. The molecule has 2 rings (SSSR count). The normalized spacial score (nSPS) is 10.7. The maximum Gasteiger partial charge on any atom is 0.119 e. The van der Waals surface area contributed by atoms with Gasteiger partial charge in [-0.15, -0.1) is 0 Å². The Balaban J connectivity index is 1.60. The average Bonchev–Trinajstić information content (AvgIpc) is 2.59. The molecule has 4 nitrogen and oxygen atoms in total. The number of anilines is 1. The third-order valence-corrected chi connectivity index (χ3v) is 3.77. The molecule has 4 heteroatoms. The largest absolute Gasteiger partial charge is 0.497 e. The highest BCUT2D eigenvalue weighted by Gasteiger charge is 2.01. The number of nitrogen functional groups attached to an aromatic ring is 1. The molecule has 0 amide bonds. The molecule has 0 aromatic heterocycles. The summed E-state index contributed by atoms with van der Waals surface area (Å²) in [7, 11) is 3.84. The molecule has 23 heavy (non-hydrogen) atoms. The van der Waals surface area contributed by atoms with Crippen LogP contribution in [0.5, 0.6) is 11.5 Å². The molecule has 0 aliphatic heterocycles. The molecule has 0 saturated heterocycles. The molecule has 124 valence electrons. The monoisotopic (exact) mass is 314 g/mol. The van der Waals surface area contributed by atoms with Crippen LogP contribution in [0.3, 0.4) is 0 Å². The van der Waals surface area contributed by atoms with Gasteiger partial charge in [0.15, 0.2) is 0 Å². The van der Waals surface area contributed by atoms with Crippen LogP contribution in [-0.2, 0) is 6.42 Å². The number of methoxy groups -OCH3 is 1. The minimum Gasteiger partial charge on any atom is -0.497 e. The van der Waals surface area contributed by atoms with E-state index in [0.717, 1.165) is 49.7 Å². The van der Waals surface area contributed by atoms with Gasteiger partial charge >= 0.3 is 0 Å². The quantitative estimate of drug-likeness (QED) is 0.570. The van der Waals surface area contributed by atoms with Crippen molar-refractivity contribution in [2.24, 2.45) is 0 Å². The third-order valence-electron chi connectivity index (χ3n) is 3.77. The average molecular weight is 314 g/mol. The number of benzene rings is 2. The van der Waals surface area contributed by atoms with Gasteiger partial charge < -0.3 is 20.1 Å². The molecular formula is C19H26N2O2. The lowest BCUT2D eigenvalue weighted by atomic mass is 10.1. The van der Waals surface area contributed by atoms with Gasteiger partial charge in [0.2, 0.25) is 0 Å². The molecule has 0 aliphatic carbocycles. The van der Waals surface area contributed by atoms with Crippen LogP contribution < -0.4 is 15.2 Å². The van der Waals surface area contributed by atoms with Crippen molar-refractivity contribution < 1.29 is 9.47 Å². The topological polar surface area (TPSA) is 47.7 Å². The van der Waals surface area contributed by atoms with Crippen LogP contribution in [0.2, 0.25) is 0 Å². The fraction of sp³-hybridized carbons (Fsp3) is 0.368. The zero-order chi connectivity index (χ0) is 16.5. The van der Waals surface area contributed by atoms with Gasteiger partial charge in [-0.3, -0.25) is 0 Å². The van der Waals surface area contributed by atoms with E-state index in [0.29, 0.717) is 0 Å². The fourth-order valence-corrected chi connectivity index (χ4v) is 2.31. The van der Waals surface area contributed by atoms with Gasteiger partial charge in [-0.2, -0.15) is 0 Å². The Hall–Kier alpha value is -2.20. The fourth-order valence-electron chi connectivity index (χ4n) is 2.31. The van der Waals surface area contributed by atoms with Gasteiger partial charge in [-0.05, 0) is 61.9 Å². The van der Waals surface area contributed by atoms with Crippen molar-refractivity contribution in [3.63, 3.8) is 0 Å². The van der Waals surface area contributed by atoms with Crippen molar-refractivity contribution in [2.75, 3.05) is 39.6 Å². The Kier molecular flexibility index (Phi) is 6.76. The van der Waals surface area contributed by atoms with Crippen molar-refractivity contribution in [1.29, 1.82) is 0 Å². The van der Waals surface area contributed by atoms with Gasteiger partial charge in [0.1, 0.15) is 11.5 Å². The summed E-state index contributed by atoms with van der Waals surface area (Å²) in [6.45, 7) is 2.77. The van der Waals surface area contributed by atoms with Gasteiger partial charge in [0, 0.05) is 18.8 Å². The summed E-state index contributed by atoms with van der Waals surface area (Å²) in [6, 6.07) is 15.8. The predicted molar refractivity (Wildman–Crippen MR) is 95.2 cm³/mol. The van der Waals surface area contributed by atoms with Crippen molar-refractivity contribution >= 4 is 5.69 Å². The smallest absolute Gasteiger partial charge is 0.119 e. The first-order chi connectivity index (χ1) is 11.2. The summed E-state index contributed by atoms with van der Waals surface area (Å²) in [4.78, 5) is 2.33. The van der Waals surface area contributed by atoms with Crippen LogP contribution in [0.25, 0.3) is 0 Å². The molecule has 0 heterocycles. The molecule has 0 unspecified atom stereocenters. The molecule has 0 fully saturated rings. The zero-order valence-corrected chi connectivity index (χ0v) is 14.0. The van der Waals surface area contributed by atoms with Crippen molar-refractivity contribution in [3.8, 4) is 11.5 Å². The van der Waals surface area contributed by atoms with Crippen molar-refractivity contribution in [1.82, 2.24) is 4.90 Å². The van der Waals surface area contributed by atoms with Gasteiger partial charge in [0.05, 0.1) is 13.7 Å². The molecule has 0 radical (unpaired) electrons. The molecule has 0 aliphatic rings. The molecular weight excluding hydrogens is 288 g/mol. The number of rotatable bonds is 9. The lowest BCUT2D eigenvalue weighted by molar-refractivity contribution is 0.264. The molecule has 2 aromatic rings. The van der Waals surface area contributed by atoms with E-state index in [2.05, 4.69) is 24.1 Å². The Bertz CT molecular complexity index is 567. The predicted octanol–water partition coefficient (Wildman–Crippen LogP) is 3.22. The van der Waals surface area contributed by atoms with E-state index in [4.69, 9.17) is 15.2 Å². The van der Waals surface area contributed by atoms with E-state index < -0.39 is 0 Å². The standard InChI is InChI=1S/C19H26N2O2/c1-21(14-12-16-4-8-18(22-2)9-5-16)13-3-15-23-19-10-6-17(20)7-11-19/h4-11H,3,12-15,20H2,1-2H3. The van der Waals surface area contributed by atoms with Crippen molar-refractivity contribution in [3.05, 3.63) is 54.1 Å². The SMILES string of the molecule is COc1ccc(CCN(C)CCCOc2ccc(N)cc2)cc1. The second-order valence-electron chi connectivity index (χ2n) is 5.67. The Morgan fingerprint density at radius 1 is 0.913 bits per heavy atom. The van der Waals surface area contributed by atoms with E-state index in [9.17, 15) is 0 Å². The van der Waals surface area contributed by atoms with Crippen LogP contribution in [0, 0.1) is 0 Å². The Labute approximate surface area is 138 Å². The number of ether oxygens (including phenoxy) is 2. The highest BCUT2D eigenvalue weighted by Crippen LogP contribution is 2.13. The third kappa shape index (κ3) is 6.20. The molecule has 2 N–H and O–H groups in total. The number of nitrogens with two attached hydrogens (primary N) is 1. The Morgan fingerprint density at radius 3 is 2.22 bits per heavy atom. The maximum atomic E-state index is 5.70. The molecule has 0 saturated carbocycles. The van der Waals surface area contributed by atoms with Crippen molar-refractivity contribution in [2.45, 2.75) is 12.8 Å². The van der Waals surface area contributed by atoms with Crippen LogP contribution in [0.4, 0.5) is 5.69 Å². The molecule has 0 spiro atoms. The summed E-state index contributed by atoms with van der Waals surface area (Å²) in [5.41, 5.74) is 7.74. The van der Waals surface area contributed by atoms with Gasteiger partial charge in [0.25, 0.3) is 0 Å². The summed E-state index contributed by atoms with van der Waals surface area (Å²) in [5, 5.41) is 0. The minimum absolute atomic E-state index is 0.719. The van der Waals surface area contributed by atoms with Gasteiger partial charge in [-0.25, -0.2) is 0 Å². The zero-order valence-electron chi connectivity index (χ0n) is 14.0. The van der Waals surface area contributed by atoms with E-state index >= 15 is 0 Å². The first kappa shape index (κ1) is 17.2. The van der Waals surface area contributed by atoms with Crippen LogP contribution >= 0.6 is 0 Å². The van der Waals surface area contributed by atoms with Gasteiger partial charge in [-0.1, -0.05) is 12.1 Å². The van der Waals surface area contributed by atoms with E-state index in [1.165, 1.54) is 5.56 Å². The number of nitrogens with zero attached hydrogens (tertiary/aromatic N) is 1. The molecule has 0 atom stereocenters. The summed E-state index contributed by atoms with van der Waals surface area (Å²) in [5.74, 6) is 1.78. The first-order valence-corrected chi connectivity index (χ1v) is 7.97. The molecule has 0 bridgehead atoms. The van der Waals surface area contributed by atoms with Crippen LogP contribution in [-0.4, -0.2) is 38.8 Å². The minimum atomic E-state index is 0.719. The van der Waals surface area contributed by atoms with E-state index in [1.54, 1.807) is 7.11 Å². The number of hydrogen-bond donors (Lipinski definition) is 1. The summed E-state index contributed by atoms with van der Waals surface area (Å²) in [6.07, 6.45) is 2.04. The lowest BCUT2D eigenvalue weighted by Gasteiger charge is -2.16. The second kappa shape index (κ2) is 9.06. The second-order valence-corrected chi connectivity index (χ2v) is 5.67. The summed E-state index contributed by atoms with van der Waals surface area (Å²) >= 11 is 0. The lowest BCUT2D eigenvalue weighted by Crippen LogP contribution is -2.23. The van der Waals surface area contributed by atoms with Crippen LogP contribution in [0.15, 0.2) is 48.5 Å². The number of hydrogen-bond acceptors (Lipinski definition) is 4. The molecule has 2 aromatic carbocycles. The Morgan fingerprint density at radius 2 is 1.57 bits per heavy atom. The van der Waals surface area contributed by atoms with E-state index in [-0.39, 0.29) is 0 Å².